The van der Waals surface area contributed by atoms with Crippen LogP contribution in [0.3, 0.4) is 0 Å². The summed E-state index contributed by atoms with van der Waals surface area (Å²) >= 11 is 0. The van der Waals surface area contributed by atoms with Gasteiger partial charge < -0.3 is 9.30 Å². The predicted octanol–water partition coefficient (Wildman–Crippen LogP) is 5.30. The van der Waals surface area contributed by atoms with Crippen LogP contribution in [-0.2, 0) is 20.2 Å². The summed E-state index contributed by atoms with van der Waals surface area (Å²) in [5, 5.41) is 1.30. The van der Waals surface area contributed by atoms with Gasteiger partial charge >= 0.3 is 0 Å². The van der Waals surface area contributed by atoms with E-state index < -0.39 is 0 Å². The van der Waals surface area contributed by atoms with Crippen molar-refractivity contribution < 1.29 is 9.13 Å². The summed E-state index contributed by atoms with van der Waals surface area (Å²) in [7, 11) is 2.10. The Morgan fingerprint density at radius 2 is 1.67 bits per heavy atom. The zero-order valence-corrected chi connectivity index (χ0v) is 16.5. The molecule has 5 heteroatoms. The van der Waals surface area contributed by atoms with E-state index in [0.717, 1.165) is 6.54 Å². The molecule has 27 heavy (non-hydrogen) atoms. The molecule has 1 fully saturated rings. The van der Waals surface area contributed by atoms with Gasteiger partial charge in [-0.15, -0.1) is 12.4 Å². The molecule has 0 aliphatic carbocycles. The van der Waals surface area contributed by atoms with E-state index in [1.54, 1.807) is 12.1 Å². The maximum Gasteiger partial charge on any atom is 0.129 e. The average molecular weight is 389 g/mol. The fourth-order valence-corrected chi connectivity index (χ4v) is 3.91. The number of likely N-dealkylation sites (tertiary alicyclic amines) is 1. The minimum Gasteiger partial charge on any atom is -0.487 e. The van der Waals surface area contributed by atoms with Crippen molar-refractivity contribution in [3.05, 3.63) is 65.6 Å². The van der Waals surface area contributed by atoms with Crippen LogP contribution in [0.5, 0.6) is 5.75 Å². The van der Waals surface area contributed by atoms with Gasteiger partial charge in [-0.1, -0.05) is 24.6 Å². The van der Waals surface area contributed by atoms with Crippen LogP contribution in [0, 0.1) is 5.82 Å². The first-order chi connectivity index (χ1) is 12.7. The molecule has 0 atom stereocenters. The number of nitrogens with zero attached hydrogens (tertiary/aromatic N) is 2. The predicted molar refractivity (Wildman–Crippen MR) is 110 cm³/mol. The lowest BCUT2D eigenvalue weighted by molar-refractivity contribution is 0.218. The first kappa shape index (κ1) is 19.7. The van der Waals surface area contributed by atoms with Crippen LogP contribution in [0.1, 0.15) is 30.5 Å². The molecule has 1 saturated heterocycles. The molecule has 0 radical (unpaired) electrons. The fraction of sp³-hybridized carbons (Fsp3) is 0.364. The summed E-state index contributed by atoms with van der Waals surface area (Å²) in [6.07, 6.45) is 3.91. The van der Waals surface area contributed by atoms with Crippen molar-refractivity contribution in [3.8, 4) is 5.75 Å². The topological polar surface area (TPSA) is 17.4 Å². The van der Waals surface area contributed by atoms with Gasteiger partial charge in [0.2, 0.25) is 0 Å². The van der Waals surface area contributed by atoms with Crippen molar-refractivity contribution >= 4 is 23.3 Å². The van der Waals surface area contributed by atoms with Gasteiger partial charge in [0, 0.05) is 24.5 Å². The molecule has 0 bridgehead atoms. The molecule has 0 N–H and O–H groups in total. The summed E-state index contributed by atoms with van der Waals surface area (Å²) in [5.74, 6) is 0.452. The standard InChI is InChI=1S/C22H25FN2O.ClH/c1-24-21-8-4-3-7-19(21)20(15-25-13-5-2-6-14-25)22(24)16-26-18-11-9-17(23)10-12-18;/h3-4,7-12H,2,5-6,13-16H2,1H3;1H. The third kappa shape index (κ3) is 4.28. The number of para-hydroxylation sites is 1. The molecule has 0 amide bonds. The number of piperidine rings is 1. The van der Waals surface area contributed by atoms with Crippen LogP contribution in [-0.4, -0.2) is 22.6 Å². The number of hydrogen-bond acceptors (Lipinski definition) is 2. The molecule has 0 saturated carbocycles. The van der Waals surface area contributed by atoms with Crippen LogP contribution in [0.15, 0.2) is 48.5 Å². The summed E-state index contributed by atoms with van der Waals surface area (Å²) in [4.78, 5) is 2.55. The quantitative estimate of drug-likeness (QED) is 0.589. The van der Waals surface area contributed by atoms with Crippen molar-refractivity contribution in [1.29, 1.82) is 0 Å². The molecule has 0 spiro atoms. The van der Waals surface area contributed by atoms with Gasteiger partial charge in [-0.05, 0) is 61.8 Å². The highest BCUT2D eigenvalue weighted by atomic mass is 35.5. The number of benzene rings is 2. The first-order valence-electron chi connectivity index (χ1n) is 9.38. The molecule has 3 aromatic rings. The number of hydrogen-bond donors (Lipinski definition) is 0. The lowest BCUT2D eigenvalue weighted by atomic mass is 10.1. The zero-order chi connectivity index (χ0) is 17.9. The second-order valence-corrected chi connectivity index (χ2v) is 7.08. The first-order valence-corrected chi connectivity index (χ1v) is 9.38. The monoisotopic (exact) mass is 388 g/mol. The molecule has 2 heterocycles. The second-order valence-electron chi connectivity index (χ2n) is 7.08. The molecule has 2 aromatic carbocycles. The van der Waals surface area contributed by atoms with Gasteiger partial charge in [-0.3, -0.25) is 4.90 Å². The van der Waals surface area contributed by atoms with Gasteiger partial charge in [0.15, 0.2) is 0 Å². The second kappa shape index (κ2) is 8.77. The normalized spacial score (nSPS) is 14.9. The number of fused-ring (bicyclic) bond motifs is 1. The number of aryl methyl sites for hydroxylation is 1. The van der Waals surface area contributed by atoms with Crippen molar-refractivity contribution in [2.24, 2.45) is 7.05 Å². The Labute approximate surface area is 166 Å². The van der Waals surface area contributed by atoms with E-state index in [-0.39, 0.29) is 18.2 Å². The number of aromatic nitrogens is 1. The molecule has 1 aromatic heterocycles. The van der Waals surface area contributed by atoms with Crippen molar-refractivity contribution in [2.75, 3.05) is 13.1 Å². The maximum atomic E-state index is 13.1. The average Bonchev–Trinajstić information content (AvgIpc) is 2.94. The summed E-state index contributed by atoms with van der Waals surface area (Å²) in [6, 6.07) is 14.8. The number of halogens is 2. The smallest absolute Gasteiger partial charge is 0.129 e. The van der Waals surface area contributed by atoms with E-state index in [9.17, 15) is 4.39 Å². The van der Waals surface area contributed by atoms with E-state index in [2.05, 4.69) is 40.8 Å². The van der Waals surface area contributed by atoms with Crippen molar-refractivity contribution in [2.45, 2.75) is 32.4 Å². The lowest BCUT2D eigenvalue weighted by Gasteiger charge is -2.26. The maximum absolute atomic E-state index is 13.1. The Morgan fingerprint density at radius 1 is 0.963 bits per heavy atom. The van der Waals surface area contributed by atoms with Crippen LogP contribution < -0.4 is 4.74 Å². The Balaban J connectivity index is 0.00000210. The van der Waals surface area contributed by atoms with Crippen molar-refractivity contribution in [1.82, 2.24) is 9.47 Å². The summed E-state index contributed by atoms with van der Waals surface area (Å²) in [6.45, 7) is 3.78. The minimum absolute atomic E-state index is 0. The zero-order valence-electron chi connectivity index (χ0n) is 15.7. The Hall–Kier alpha value is -2.04. The molecule has 144 valence electrons. The molecular weight excluding hydrogens is 363 g/mol. The number of rotatable bonds is 5. The van der Waals surface area contributed by atoms with Crippen LogP contribution in [0.2, 0.25) is 0 Å². The summed E-state index contributed by atoms with van der Waals surface area (Å²) in [5.41, 5.74) is 3.78. The van der Waals surface area contributed by atoms with E-state index in [0.29, 0.717) is 12.4 Å². The highest BCUT2D eigenvalue weighted by Crippen LogP contribution is 2.28. The molecule has 0 unspecified atom stereocenters. The Morgan fingerprint density at radius 3 is 2.41 bits per heavy atom. The van der Waals surface area contributed by atoms with Crippen molar-refractivity contribution in [3.63, 3.8) is 0 Å². The molecule has 3 nitrogen and oxygen atoms in total. The van der Waals surface area contributed by atoms with Crippen LogP contribution in [0.4, 0.5) is 4.39 Å². The fourth-order valence-electron chi connectivity index (χ4n) is 3.91. The third-order valence-corrected chi connectivity index (χ3v) is 5.36. The van der Waals surface area contributed by atoms with E-state index >= 15 is 0 Å². The SMILES string of the molecule is Cl.Cn1c(COc2ccc(F)cc2)c(CN2CCCCC2)c2ccccc21. The molecule has 4 rings (SSSR count). The van der Waals surface area contributed by atoms with Gasteiger partial charge in [-0.2, -0.15) is 0 Å². The van der Waals surface area contributed by atoms with Gasteiger partial charge in [0.05, 0.1) is 5.69 Å². The van der Waals surface area contributed by atoms with Gasteiger partial charge in [0.1, 0.15) is 18.2 Å². The van der Waals surface area contributed by atoms with Crippen LogP contribution in [0.25, 0.3) is 10.9 Å². The third-order valence-electron chi connectivity index (χ3n) is 5.36. The number of ether oxygens (including phenoxy) is 1. The summed E-state index contributed by atoms with van der Waals surface area (Å²) < 4.78 is 21.3. The minimum atomic E-state index is -0.243. The van der Waals surface area contributed by atoms with E-state index in [4.69, 9.17) is 4.74 Å². The molecule has 1 aliphatic rings. The largest absolute Gasteiger partial charge is 0.487 e. The Kier molecular flexibility index (Phi) is 6.40. The highest BCUT2D eigenvalue weighted by Gasteiger charge is 2.19. The Bertz CT molecular complexity index is 885. The van der Waals surface area contributed by atoms with Crippen LogP contribution >= 0.6 is 12.4 Å². The van der Waals surface area contributed by atoms with E-state index in [1.165, 1.54) is 66.6 Å². The van der Waals surface area contributed by atoms with Gasteiger partial charge in [0.25, 0.3) is 0 Å². The lowest BCUT2D eigenvalue weighted by Crippen LogP contribution is -2.29. The molecule has 1 aliphatic heterocycles. The van der Waals surface area contributed by atoms with E-state index in [1.807, 2.05) is 0 Å². The highest BCUT2D eigenvalue weighted by molar-refractivity contribution is 5.85. The molecular formula is C22H26ClFN2O. The van der Waals surface area contributed by atoms with Gasteiger partial charge in [-0.25, -0.2) is 4.39 Å².